The van der Waals surface area contributed by atoms with E-state index < -0.39 is 0 Å². The lowest BCUT2D eigenvalue weighted by molar-refractivity contribution is -0.126. The van der Waals surface area contributed by atoms with Gasteiger partial charge in [-0.15, -0.1) is 0 Å². The van der Waals surface area contributed by atoms with Gasteiger partial charge in [0.1, 0.15) is 5.78 Å². The van der Waals surface area contributed by atoms with Crippen LogP contribution < -0.4 is 0 Å². The van der Waals surface area contributed by atoms with E-state index in [-0.39, 0.29) is 5.41 Å². The number of rotatable bonds is 6. The highest BCUT2D eigenvalue weighted by molar-refractivity contribution is 7.98. The van der Waals surface area contributed by atoms with E-state index in [1.54, 1.807) is 0 Å². The van der Waals surface area contributed by atoms with Crippen LogP contribution in [-0.4, -0.2) is 17.8 Å². The largest absolute Gasteiger partial charge is 0.299 e. The first-order valence-corrected chi connectivity index (χ1v) is 6.40. The van der Waals surface area contributed by atoms with Crippen molar-refractivity contribution in [3.8, 4) is 0 Å². The summed E-state index contributed by atoms with van der Waals surface area (Å²) in [6.45, 7) is 5.99. The third-order valence-electron chi connectivity index (χ3n) is 2.09. The molecule has 0 aromatic carbocycles. The van der Waals surface area contributed by atoms with Crippen molar-refractivity contribution in [1.82, 2.24) is 0 Å². The third-order valence-corrected chi connectivity index (χ3v) is 2.79. The van der Waals surface area contributed by atoms with Crippen molar-refractivity contribution < 1.29 is 4.79 Å². The van der Waals surface area contributed by atoms with Gasteiger partial charge < -0.3 is 0 Å². The molecule has 0 aromatic rings. The molecule has 0 radical (unpaired) electrons. The second-order valence-corrected chi connectivity index (χ2v) is 5.46. The maximum Gasteiger partial charge on any atom is 0.138 e. The standard InChI is InChI=1S/C11H22OS/c1-11(2,3)10(12)8-6-5-7-9-13-4/h5-9H2,1-4H3. The summed E-state index contributed by atoms with van der Waals surface area (Å²) in [6.07, 6.45) is 6.40. The number of carbonyl (C=O) groups excluding carboxylic acids is 1. The molecule has 0 saturated carbocycles. The van der Waals surface area contributed by atoms with Gasteiger partial charge in [-0.05, 0) is 24.9 Å². The van der Waals surface area contributed by atoms with E-state index in [1.807, 2.05) is 32.5 Å². The molecule has 0 rings (SSSR count). The van der Waals surface area contributed by atoms with Crippen molar-refractivity contribution in [3.05, 3.63) is 0 Å². The fourth-order valence-corrected chi connectivity index (χ4v) is 1.58. The lowest BCUT2D eigenvalue weighted by Gasteiger charge is -2.15. The van der Waals surface area contributed by atoms with E-state index in [1.165, 1.54) is 18.6 Å². The summed E-state index contributed by atoms with van der Waals surface area (Å²) >= 11 is 1.88. The molecule has 0 N–H and O–H groups in total. The van der Waals surface area contributed by atoms with E-state index in [9.17, 15) is 4.79 Å². The van der Waals surface area contributed by atoms with E-state index in [0.29, 0.717) is 5.78 Å². The summed E-state index contributed by atoms with van der Waals surface area (Å²) in [6, 6.07) is 0. The van der Waals surface area contributed by atoms with Crippen molar-refractivity contribution in [1.29, 1.82) is 0 Å². The van der Waals surface area contributed by atoms with Crippen LogP contribution in [0.25, 0.3) is 0 Å². The van der Waals surface area contributed by atoms with Crippen LogP contribution >= 0.6 is 11.8 Å². The van der Waals surface area contributed by atoms with Gasteiger partial charge in [-0.2, -0.15) is 11.8 Å². The lowest BCUT2D eigenvalue weighted by atomic mass is 9.88. The van der Waals surface area contributed by atoms with Crippen LogP contribution in [0, 0.1) is 5.41 Å². The van der Waals surface area contributed by atoms with E-state index >= 15 is 0 Å². The Morgan fingerprint density at radius 1 is 1.15 bits per heavy atom. The van der Waals surface area contributed by atoms with Gasteiger partial charge in [0, 0.05) is 11.8 Å². The minimum absolute atomic E-state index is 0.139. The molecule has 0 aliphatic rings. The molecule has 0 saturated heterocycles. The predicted molar refractivity (Wildman–Crippen MR) is 61.3 cm³/mol. The van der Waals surface area contributed by atoms with E-state index in [0.717, 1.165) is 12.8 Å². The second-order valence-electron chi connectivity index (χ2n) is 4.48. The zero-order valence-corrected chi connectivity index (χ0v) is 10.2. The summed E-state index contributed by atoms with van der Waals surface area (Å²) < 4.78 is 0. The number of Topliss-reactive ketones (excluding diaryl/α,β-unsaturated/α-hetero) is 1. The minimum atomic E-state index is -0.139. The van der Waals surface area contributed by atoms with Gasteiger partial charge in [0.15, 0.2) is 0 Å². The molecular weight excluding hydrogens is 180 g/mol. The van der Waals surface area contributed by atoms with Crippen LogP contribution in [0.1, 0.15) is 46.5 Å². The average Bonchev–Trinajstić information content (AvgIpc) is 2.02. The molecule has 0 amide bonds. The second kappa shape index (κ2) is 6.47. The fourth-order valence-electron chi connectivity index (χ4n) is 1.08. The summed E-state index contributed by atoms with van der Waals surface area (Å²) in [7, 11) is 0. The van der Waals surface area contributed by atoms with Crippen molar-refractivity contribution in [2.24, 2.45) is 5.41 Å². The molecule has 0 unspecified atom stereocenters. The molecule has 0 aromatic heterocycles. The SMILES string of the molecule is CSCCCCCC(=O)C(C)(C)C. The zero-order chi connectivity index (χ0) is 10.3. The molecular formula is C11H22OS. The Hall–Kier alpha value is 0.0200. The summed E-state index contributed by atoms with van der Waals surface area (Å²) in [5, 5.41) is 0. The maximum atomic E-state index is 11.5. The van der Waals surface area contributed by atoms with Crippen LogP contribution in [0.2, 0.25) is 0 Å². The first-order chi connectivity index (χ1) is 5.98. The third kappa shape index (κ3) is 7.12. The summed E-state index contributed by atoms with van der Waals surface area (Å²) in [5.74, 6) is 1.63. The molecule has 0 bridgehead atoms. The Morgan fingerprint density at radius 3 is 2.23 bits per heavy atom. The molecule has 0 spiro atoms. The van der Waals surface area contributed by atoms with Crippen molar-refractivity contribution >= 4 is 17.5 Å². The molecule has 0 fully saturated rings. The van der Waals surface area contributed by atoms with Gasteiger partial charge in [0.05, 0.1) is 0 Å². The first kappa shape index (κ1) is 13.0. The lowest BCUT2D eigenvalue weighted by Crippen LogP contribution is -2.19. The number of hydrogen-bond donors (Lipinski definition) is 0. The highest BCUT2D eigenvalue weighted by Crippen LogP contribution is 2.18. The normalized spacial score (nSPS) is 11.7. The molecule has 13 heavy (non-hydrogen) atoms. The number of hydrogen-bond acceptors (Lipinski definition) is 2. The van der Waals surface area contributed by atoms with Crippen molar-refractivity contribution in [2.45, 2.75) is 46.5 Å². The number of carbonyl (C=O) groups is 1. The quantitative estimate of drug-likeness (QED) is 0.613. The monoisotopic (exact) mass is 202 g/mol. The molecule has 1 nitrogen and oxygen atoms in total. The van der Waals surface area contributed by atoms with Gasteiger partial charge in [-0.25, -0.2) is 0 Å². The summed E-state index contributed by atoms with van der Waals surface area (Å²) in [4.78, 5) is 11.5. The van der Waals surface area contributed by atoms with Crippen LogP contribution in [-0.2, 0) is 4.79 Å². The Bertz CT molecular complexity index is 147. The fraction of sp³-hybridized carbons (Fsp3) is 0.909. The van der Waals surface area contributed by atoms with Crippen LogP contribution in [0.3, 0.4) is 0 Å². The van der Waals surface area contributed by atoms with Gasteiger partial charge in [0.2, 0.25) is 0 Å². The average molecular weight is 202 g/mol. The van der Waals surface area contributed by atoms with E-state index in [2.05, 4.69) is 6.26 Å². The van der Waals surface area contributed by atoms with Crippen molar-refractivity contribution in [3.63, 3.8) is 0 Å². The van der Waals surface area contributed by atoms with Crippen LogP contribution in [0.15, 0.2) is 0 Å². The maximum absolute atomic E-state index is 11.5. The van der Waals surface area contributed by atoms with E-state index in [4.69, 9.17) is 0 Å². The Kier molecular flexibility index (Phi) is 6.48. The first-order valence-electron chi connectivity index (χ1n) is 5.00. The van der Waals surface area contributed by atoms with Crippen LogP contribution in [0.4, 0.5) is 0 Å². The predicted octanol–water partition coefficient (Wildman–Crippen LogP) is 3.53. The summed E-state index contributed by atoms with van der Waals surface area (Å²) in [5.41, 5.74) is -0.139. The molecule has 78 valence electrons. The van der Waals surface area contributed by atoms with Crippen molar-refractivity contribution in [2.75, 3.05) is 12.0 Å². The molecule has 2 heteroatoms. The topological polar surface area (TPSA) is 17.1 Å². The number of unbranched alkanes of at least 4 members (excludes halogenated alkanes) is 2. The molecule has 0 aliphatic carbocycles. The smallest absolute Gasteiger partial charge is 0.138 e. The highest BCUT2D eigenvalue weighted by Gasteiger charge is 2.19. The van der Waals surface area contributed by atoms with Gasteiger partial charge >= 0.3 is 0 Å². The number of ketones is 1. The van der Waals surface area contributed by atoms with Crippen LogP contribution in [0.5, 0.6) is 0 Å². The minimum Gasteiger partial charge on any atom is -0.299 e. The zero-order valence-electron chi connectivity index (χ0n) is 9.35. The molecule has 0 heterocycles. The van der Waals surface area contributed by atoms with Gasteiger partial charge in [-0.1, -0.05) is 27.2 Å². The Morgan fingerprint density at radius 2 is 1.77 bits per heavy atom. The Labute approximate surface area is 86.7 Å². The molecule has 0 atom stereocenters. The molecule has 0 aliphatic heterocycles. The highest BCUT2D eigenvalue weighted by atomic mass is 32.2. The Balaban J connectivity index is 3.38. The number of thioether (sulfide) groups is 1. The van der Waals surface area contributed by atoms with Gasteiger partial charge in [-0.3, -0.25) is 4.79 Å². The van der Waals surface area contributed by atoms with Gasteiger partial charge in [0.25, 0.3) is 0 Å².